The highest BCUT2D eigenvalue weighted by Crippen LogP contribution is 2.29. The molecule has 0 radical (unpaired) electrons. The zero-order valence-electron chi connectivity index (χ0n) is 12.1. The normalized spacial score (nSPS) is 17.8. The molecule has 0 bridgehead atoms. The minimum absolute atomic E-state index is 0.0481. The lowest BCUT2D eigenvalue weighted by atomic mass is 9.91. The van der Waals surface area contributed by atoms with E-state index < -0.39 is 5.54 Å². The number of hydrogen-bond acceptors (Lipinski definition) is 2. The van der Waals surface area contributed by atoms with E-state index in [0.717, 1.165) is 25.9 Å². The van der Waals surface area contributed by atoms with E-state index in [1.165, 1.54) is 12.8 Å². The van der Waals surface area contributed by atoms with Gasteiger partial charge in [-0.2, -0.15) is 0 Å². The smallest absolute Gasteiger partial charge is 0.184 e. The zero-order chi connectivity index (χ0) is 14.8. The van der Waals surface area contributed by atoms with Crippen LogP contribution in [-0.4, -0.2) is 29.3 Å². The second kappa shape index (κ2) is 6.46. The lowest BCUT2D eigenvalue weighted by Gasteiger charge is -2.36. The molecule has 0 unspecified atom stereocenters. The van der Waals surface area contributed by atoms with Gasteiger partial charge in [0.25, 0.3) is 0 Å². The number of hydrogen-bond donors (Lipinski definition) is 0. The van der Waals surface area contributed by atoms with E-state index in [4.69, 9.17) is 23.2 Å². The molecule has 0 aliphatic carbocycles. The van der Waals surface area contributed by atoms with Gasteiger partial charge in [0.1, 0.15) is 0 Å². The number of rotatable bonds is 3. The van der Waals surface area contributed by atoms with Crippen LogP contribution in [0.5, 0.6) is 0 Å². The first-order chi connectivity index (χ1) is 9.43. The second-order valence-corrected chi connectivity index (χ2v) is 6.76. The quantitative estimate of drug-likeness (QED) is 0.745. The first-order valence-electron chi connectivity index (χ1n) is 7.18. The molecule has 1 aromatic carbocycles. The molecule has 20 heavy (non-hydrogen) atoms. The fourth-order valence-electron chi connectivity index (χ4n) is 2.77. The third kappa shape index (κ3) is 3.36. The molecular formula is C16H21Cl2NO. The van der Waals surface area contributed by atoms with Crippen molar-refractivity contribution < 1.29 is 4.79 Å². The van der Waals surface area contributed by atoms with Crippen molar-refractivity contribution in [2.45, 2.75) is 45.1 Å². The summed E-state index contributed by atoms with van der Waals surface area (Å²) in [5, 5.41) is 1.02. The predicted molar refractivity (Wildman–Crippen MR) is 84.9 cm³/mol. The van der Waals surface area contributed by atoms with E-state index >= 15 is 0 Å². The van der Waals surface area contributed by atoms with Crippen molar-refractivity contribution >= 4 is 29.0 Å². The van der Waals surface area contributed by atoms with E-state index in [0.29, 0.717) is 15.6 Å². The van der Waals surface area contributed by atoms with Crippen LogP contribution in [0.25, 0.3) is 0 Å². The summed E-state index contributed by atoms with van der Waals surface area (Å²) in [6.07, 6.45) is 4.80. The van der Waals surface area contributed by atoms with Gasteiger partial charge in [0.05, 0.1) is 10.6 Å². The summed E-state index contributed by atoms with van der Waals surface area (Å²) >= 11 is 12.2. The van der Waals surface area contributed by atoms with Gasteiger partial charge in [-0.3, -0.25) is 9.69 Å². The molecule has 0 amide bonds. The number of benzene rings is 1. The Morgan fingerprint density at radius 2 is 1.70 bits per heavy atom. The number of halogens is 2. The summed E-state index contributed by atoms with van der Waals surface area (Å²) in [7, 11) is 0. The maximum atomic E-state index is 12.9. The van der Waals surface area contributed by atoms with Crippen LogP contribution in [0.3, 0.4) is 0 Å². The molecule has 1 aliphatic heterocycles. The largest absolute Gasteiger partial charge is 0.292 e. The third-order valence-electron chi connectivity index (χ3n) is 4.13. The van der Waals surface area contributed by atoms with Gasteiger partial charge in [-0.1, -0.05) is 36.0 Å². The molecule has 1 aliphatic rings. The Hall–Kier alpha value is -0.570. The number of ketones is 1. The minimum Gasteiger partial charge on any atom is -0.292 e. The van der Waals surface area contributed by atoms with Gasteiger partial charge in [-0.15, -0.1) is 0 Å². The monoisotopic (exact) mass is 313 g/mol. The fourth-order valence-corrected chi connectivity index (χ4v) is 3.15. The SMILES string of the molecule is CC(C)(C(=O)c1cc(Cl)ccc1Cl)N1CCCCCC1. The van der Waals surface area contributed by atoms with Gasteiger partial charge < -0.3 is 0 Å². The molecule has 110 valence electrons. The number of likely N-dealkylation sites (tertiary alicyclic amines) is 1. The highest BCUT2D eigenvalue weighted by Gasteiger charge is 2.36. The summed E-state index contributed by atoms with van der Waals surface area (Å²) in [5.41, 5.74) is -0.0213. The van der Waals surface area contributed by atoms with Crippen molar-refractivity contribution in [2.75, 3.05) is 13.1 Å². The van der Waals surface area contributed by atoms with Crippen LogP contribution in [0.1, 0.15) is 49.9 Å². The molecule has 4 heteroatoms. The maximum Gasteiger partial charge on any atom is 0.184 e. The lowest BCUT2D eigenvalue weighted by molar-refractivity contribution is 0.0650. The van der Waals surface area contributed by atoms with Gasteiger partial charge in [-0.25, -0.2) is 0 Å². The average molecular weight is 314 g/mol. The molecule has 0 atom stereocenters. The molecule has 0 N–H and O–H groups in total. The van der Waals surface area contributed by atoms with Crippen LogP contribution in [0.4, 0.5) is 0 Å². The lowest BCUT2D eigenvalue weighted by Crippen LogP contribution is -2.50. The molecule has 1 saturated heterocycles. The molecular weight excluding hydrogens is 293 g/mol. The summed E-state index contributed by atoms with van der Waals surface area (Å²) < 4.78 is 0. The maximum absolute atomic E-state index is 12.9. The number of carbonyl (C=O) groups excluding carboxylic acids is 1. The second-order valence-electron chi connectivity index (χ2n) is 5.91. The van der Waals surface area contributed by atoms with Crippen molar-refractivity contribution in [2.24, 2.45) is 0 Å². The van der Waals surface area contributed by atoms with E-state index in [1.807, 2.05) is 13.8 Å². The van der Waals surface area contributed by atoms with Gasteiger partial charge in [0, 0.05) is 10.6 Å². The predicted octanol–water partition coefficient (Wildman–Crippen LogP) is 4.83. The summed E-state index contributed by atoms with van der Waals surface area (Å²) in [6.45, 7) is 5.91. The van der Waals surface area contributed by atoms with Crippen LogP contribution in [0, 0.1) is 0 Å². The molecule has 0 saturated carbocycles. The first-order valence-corrected chi connectivity index (χ1v) is 7.93. The molecule has 2 nitrogen and oxygen atoms in total. The van der Waals surface area contributed by atoms with Gasteiger partial charge in [0.15, 0.2) is 5.78 Å². The van der Waals surface area contributed by atoms with Crippen LogP contribution in [0.15, 0.2) is 18.2 Å². The third-order valence-corrected chi connectivity index (χ3v) is 4.69. The van der Waals surface area contributed by atoms with Crippen LogP contribution in [-0.2, 0) is 0 Å². The Bertz CT molecular complexity index is 491. The van der Waals surface area contributed by atoms with E-state index in [9.17, 15) is 4.79 Å². The standard InChI is InChI=1S/C16H21Cl2NO/c1-16(2,19-9-5-3-4-6-10-19)15(20)13-11-12(17)7-8-14(13)18/h7-8,11H,3-6,9-10H2,1-2H3. The molecule has 1 aromatic rings. The van der Waals surface area contributed by atoms with Crippen molar-refractivity contribution in [1.29, 1.82) is 0 Å². The summed E-state index contributed by atoms with van der Waals surface area (Å²) in [4.78, 5) is 15.1. The highest BCUT2D eigenvalue weighted by molar-refractivity contribution is 6.36. The van der Waals surface area contributed by atoms with Crippen molar-refractivity contribution in [1.82, 2.24) is 4.90 Å². The molecule has 1 fully saturated rings. The van der Waals surface area contributed by atoms with Gasteiger partial charge in [-0.05, 0) is 58.0 Å². The Labute approximate surface area is 131 Å². The summed E-state index contributed by atoms with van der Waals surface area (Å²) in [5.74, 6) is 0.0481. The molecule has 0 spiro atoms. The first kappa shape index (κ1) is 15.8. The molecule has 2 rings (SSSR count). The minimum atomic E-state index is -0.543. The zero-order valence-corrected chi connectivity index (χ0v) is 13.6. The van der Waals surface area contributed by atoms with Gasteiger partial charge >= 0.3 is 0 Å². The van der Waals surface area contributed by atoms with Crippen molar-refractivity contribution in [3.8, 4) is 0 Å². The summed E-state index contributed by atoms with van der Waals surface area (Å²) in [6, 6.07) is 5.07. The molecule has 0 aromatic heterocycles. The Kier molecular flexibility index (Phi) is 5.11. The fraction of sp³-hybridized carbons (Fsp3) is 0.562. The highest BCUT2D eigenvalue weighted by atomic mass is 35.5. The van der Waals surface area contributed by atoms with Crippen molar-refractivity contribution in [3.63, 3.8) is 0 Å². The molecule has 1 heterocycles. The van der Waals surface area contributed by atoms with E-state index in [1.54, 1.807) is 18.2 Å². The Morgan fingerprint density at radius 3 is 2.30 bits per heavy atom. The Morgan fingerprint density at radius 1 is 1.10 bits per heavy atom. The Balaban J connectivity index is 2.27. The van der Waals surface area contributed by atoms with Crippen LogP contribution < -0.4 is 0 Å². The van der Waals surface area contributed by atoms with E-state index in [-0.39, 0.29) is 5.78 Å². The van der Waals surface area contributed by atoms with Crippen LogP contribution in [0.2, 0.25) is 10.0 Å². The average Bonchev–Trinajstić information content (AvgIpc) is 2.70. The van der Waals surface area contributed by atoms with Crippen LogP contribution >= 0.6 is 23.2 Å². The number of Topliss-reactive ketones (excluding diaryl/α,β-unsaturated/α-hetero) is 1. The van der Waals surface area contributed by atoms with Gasteiger partial charge in [0.2, 0.25) is 0 Å². The van der Waals surface area contributed by atoms with E-state index in [2.05, 4.69) is 4.90 Å². The van der Waals surface area contributed by atoms with Crippen molar-refractivity contribution in [3.05, 3.63) is 33.8 Å². The topological polar surface area (TPSA) is 20.3 Å². The number of nitrogens with zero attached hydrogens (tertiary/aromatic N) is 1. The number of carbonyl (C=O) groups is 1.